The molecule has 2 N–H and O–H groups in total. The Morgan fingerprint density at radius 1 is 1.04 bits per heavy atom. The summed E-state index contributed by atoms with van der Waals surface area (Å²) in [6.45, 7) is 8.84. The summed E-state index contributed by atoms with van der Waals surface area (Å²) in [5.74, 6) is 0.00717. The van der Waals surface area contributed by atoms with Gasteiger partial charge in [0.1, 0.15) is 0 Å². The van der Waals surface area contributed by atoms with Gasteiger partial charge < -0.3 is 10.6 Å². The third-order valence-electron chi connectivity index (χ3n) is 3.78. The lowest BCUT2D eigenvalue weighted by Crippen LogP contribution is -2.31. The van der Waals surface area contributed by atoms with Gasteiger partial charge in [-0.3, -0.25) is 4.79 Å². The number of carbonyl (C=O) groups is 1. The first kappa shape index (κ1) is 20.6. The monoisotopic (exact) mass is 355 g/mol. The molecule has 0 fully saturated rings. The Balaban J connectivity index is 2.55. The molecular weight excluding hydrogens is 326 g/mol. The van der Waals surface area contributed by atoms with Crippen LogP contribution < -0.4 is 10.6 Å². The summed E-state index contributed by atoms with van der Waals surface area (Å²) in [4.78, 5) is 12.0. The zero-order valence-electron chi connectivity index (χ0n) is 14.8. The number of likely N-dealkylation sites (N-methyl/N-ethyl adjacent to an activating group) is 1. The highest BCUT2D eigenvalue weighted by atomic mass is 32.2. The van der Waals surface area contributed by atoms with E-state index in [2.05, 4.69) is 10.6 Å². The largest absolute Gasteiger partial charge is 0.355 e. The number of aryl methyl sites for hydroxylation is 1. The minimum atomic E-state index is -3.42. The Hall–Kier alpha value is -1.44. The van der Waals surface area contributed by atoms with Crippen molar-refractivity contribution >= 4 is 15.9 Å². The van der Waals surface area contributed by atoms with Crippen LogP contribution in [-0.4, -0.2) is 51.4 Å². The number of benzene rings is 1. The summed E-state index contributed by atoms with van der Waals surface area (Å²) in [5.41, 5.74) is 0.954. The van der Waals surface area contributed by atoms with Gasteiger partial charge in [0.25, 0.3) is 0 Å². The van der Waals surface area contributed by atoms with Gasteiger partial charge in [0, 0.05) is 32.6 Å². The summed E-state index contributed by atoms with van der Waals surface area (Å²) < 4.78 is 26.2. The molecule has 1 aromatic carbocycles. The minimum Gasteiger partial charge on any atom is -0.355 e. The van der Waals surface area contributed by atoms with Gasteiger partial charge in [-0.05, 0) is 30.7 Å². The zero-order valence-corrected chi connectivity index (χ0v) is 15.7. The summed E-state index contributed by atoms with van der Waals surface area (Å²) in [7, 11) is -3.42. The summed E-state index contributed by atoms with van der Waals surface area (Å²) in [5, 5.41) is 5.99. The van der Waals surface area contributed by atoms with Crippen LogP contribution in [0.25, 0.3) is 0 Å². The highest BCUT2D eigenvalue weighted by Crippen LogP contribution is 2.16. The molecule has 0 heterocycles. The lowest BCUT2D eigenvalue weighted by molar-refractivity contribution is -0.121. The Morgan fingerprint density at radius 2 is 1.67 bits per heavy atom. The van der Waals surface area contributed by atoms with Gasteiger partial charge in [-0.2, -0.15) is 4.31 Å². The topological polar surface area (TPSA) is 78.5 Å². The molecular formula is C17H29N3O3S. The van der Waals surface area contributed by atoms with E-state index in [0.29, 0.717) is 37.4 Å². The third kappa shape index (κ3) is 6.22. The Bertz CT molecular complexity index is 596. The van der Waals surface area contributed by atoms with Crippen molar-refractivity contribution in [1.82, 2.24) is 14.9 Å². The normalized spacial score (nSPS) is 11.7. The highest BCUT2D eigenvalue weighted by Gasteiger charge is 2.21. The molecule has 0 aromatic heterocycles. The fourth-order valence-electron chi connectivity index (χ4n) is 2.35. The maximum absolute atomic E-state index is 12.4. The number of rotatable bonds is 11. The first-order valence-electron chi connectivity index (χ1n) is 8.52. The molecule has 136 valence electrons. The van der Waals surface area contributed by atoms with Gasteiger partial charge in [0.05, 0.1) is 4.90 Å². The molecule has 24 heavy (non-hydrogen) atoms. The van der Waals surface area contributed by atoms with E-state index >= 15 is 0 Å². The molecule has 1 amide bonds. The van der Waals surface area contributed by atoms with Crippen LogP contribution in [0.5, 0.6) is 0 Å². The molecule has 7 heteroatoms. The lowest BCUT2D eigenvalue weighted by atomic mass is 10.1. The van der Waals surface area contributed by atoms with Crippen LogP contribution in [0.3, 0.4) is 0 Å². The first-order valence-corrected chi connectivity index (χ1v) is 9.96. The Labute approximate surface area is 145 Å². The van der Waals surface area contributed by atoms with E-state index in [4.69, 9.17) is 0 Å². The van der Waals surface area contributed by atoms with Crippen molar-refractivity contribution in [1.29, 1.82) is 0 Å². The number of carbonyl (C=O) groups excluding carboxylic acids is 1. The zero-order chi connectivity index (χ0) is 18.0. The number of hydrogen-bond acceptors (Lipinski definition) is 4. The highest BCUT2D eigenvalue weighted by molar-refractivity contribution is 7.89. The van der Waals surface area contributed by atoms with E-state index < -0.39 is 10.0 Å². The van der Waals surface area contributed by atoms with Crippen molar-refractivity contribution in [3.63, 3.8) is 0 Å². The summed E-state index contributed by atoms with van der Waals surface area (Å²) >= 11 is 0. The molecule has 0 aliphatic carbocycles. The van der Waals surface area contributed by atoms with E-state index in [1.54, 1.807) is 24.3 Å². The van der Waals surface area contributed by atoms with Crippen LogP contribution in [0.4, 0.5) is 0 Å². The number of hydrogen-bond donors (Lipinski definition) is 2. The predicted molar refractivity (Wildman–Crippen MR) is 96.4 cm³/mol. The van der Waals surface area contributed by atoms with Crippen LogP contribution >= 0.6 is 0 Å². The molecule has 0 aliphatic heterocycles. The molecule has 1 aromatic rings. The van der Waals surface area contributed by atoms with E-state index in [0.717, 1.165) is 18.7 Å². The summed E-state index contributed by atoms with van der Waals surface area (Å²) in [6, 6.07) is 6.79. The van der Waals surface area contributed by atoms with Gasteiger partial charge >= 0.3 is 0 Å². The van der Waals surface area contributed by atoms with Crippen molar-refractivity contribution in [3.05, 3.63) is 29.8 Å². The van der Waals surface area contributed by atoms with Crippen LogP contribution in [0, 0.1) is 0 Å². The van der Waals surface area contributed by atoms with E-state index in [1.165, 1.54) is 4.31 Å². The second-order valence-electron chi connectivity index (χ2n) is 5.44. The second-order valence-corrected chi connectivity index (χ2v) is 7.37. The lowest BCUT2D eigenvalue weighted by Gasteiger charge is -2.18. The van der Waals surface area contributed by atoms with Crippen LogP contribution in [-0.2, 0) is 21.2 Å². The maximum Gasteiger partial charge on any atom is 0.243 e. The molecule has 0 spiro atoms. The van der Waals surface area contributed by atoms with Crippen molar-refractivity contribution in [2.75, 3.05) is 32.7 Å². The van der Waals surface area contributed by atoms with E-state index in [1.807, 2.05) is 20.8 Å². The number of nitrogens with zero attached hydrogens (tertiary/aromatic N) is 1. The number of sulfonamides is 1. The maximum atomic E-state index is 12.4. The molecule has 1 rings (SSSR count). The fraction of sp³-hybridized carbons (Fsp3) is 0.588. The Kier molecular flexibility index (Phi) is 8.95. The van der Waals surface area contributed by atoms with Crippen LogP contribution in [0.1, 0.15) is 32.8 Å². The fourth-order valence-corrected chi connectivity index (χ4v) is 3.81. The molecule has 0 atom stereocenters. The Morgan fingerprint density at radius 3 is 2.21 bits per heavy atom. The average molecular weight is 356 g/mol. The first-order chi connectivity index (χ1) is 11.5. The van der Waals surface area contributed by atoms with E-state index in [9.17, 15) is 13.2 Å². The molecule has 0 bridgehead atoms. The van der Waals surface area contributed by atoms with Crippen LogP contribution in [0.2, 0.25) is 0 Å². The molecule has 0 aliphatic rings. The van der Waals surface area contributed by atoms with Crippen LogP contribution in [0.15, 0.2) is 29.2 Å². The third-order valence-corrected chi connectivity index (χ3v) is 5.85. The van der Waals surface area contributed by atoms with Gasteiger partial charge in [0.15, 0.2) is 0 Å². The van der Waals surface area contributed by atoms with Gasteiger partial charge in [0.2, 0.25) is 15.9 Å². The average Bonchev–Trinajstić information content (AvgIpc) is 2.58. The quantitative estimate of drug-likeness (QED) is 0.588. The predicted octanol–water partition coefficient (Wildman–Crippen LogP) is 1.38. The molecule has 0 saturated carbocycles. The second kappa shape index (κ2) is 10.4. The van der Waals surface area contributed by atoms with Crippen molar-refractivity contribution < 1.29 is 13.2 Å². The van der Waals surface area contributed by atoms with Crippen molar-refractivity contribution in [2.45, 2.75) is 38.5 Å². The SMILES string of the molecule is CCNCCNC(=O)CCc1ccc(S(=O)(=O)N(CC)CC)cc1. The van der Waals surface area contributed by atoms with Gasteiger partial charge in [-0.1, -0.05) is 32.9 Å². The summed E-state index contributed by atoms with van der Waals surface area (Å²) in [6.07, 6.45) is 0.993. The molecule has 0 saturated heterocycles. The number of amides is 1. The molecule has 0 radical (unpaired) electrons. The number of nitrogens with one attached hydrogen (secondary N) is 2. The van der Waals surface area contributed by atoms with Crippen molar-refractivity contribution in [2.24, 2.45) is 0 Å². The minimum absolute atomic E-state index is 0.00717. The van der Waals surface area contributed by atoms with E-state index in [-0.39, 0.29) is 5.91 Å². The van der Waals surface area contributed by atoms with Gasteiger partial charge in [-0.15, -0.1) is 0 Å². The smallest absolute Gasteiger partial charge is 0.243 e. The standard InChI is InChI=1S/C17H29N3O3S/c1-4-18-13-14-19-17(21)12-9-15-7-10-16(11-8-15)24(22,23)20(5-2)6-3/h7-8,10-11,18H,4-6,9,12-14H2,1-3H3,(H,19,21). The van der Waals surface area contributed by atoms with Crippen molar-refractivity contribution in [3.8, 4) is 0 Å². The molecule has 0 unspecified atom stereocenters. The molecule has 6 nitrogen and oxygen atoms in total. The van der Waals surface area contributed by atoms with Gasteiger partial charge in [-0.25, -0.2) is 8.42 Å².